The summed E-state index contributed by atoms with van der Waals surface area (Å²) in [6, 6.07) is 0. The Morgan fingerprint density at radius 2 is 2.38 bits per heavy atom. The predicted molar refractivity (Wildman–Crippen MR) is 58.7 cm³/mol. The molecule has 1 heterocycles. The van der Waals surface area contributed by atoms with E-state index >= 15 is 0 Å². The minimum Gasteiger partial charge on any atom is -0.301 e. The van der Waals surface area contributed by atoms with Crippen LogP contribution in [0.3, 0.4) is 0 Å². The van der Waals surface area contributed by atoms with Crippen LogP contribution in [0.1, 0.15) is 6.92 Å². The summed E-state index contributed by atoms with van der Waals surface area (Å²) in [5, 5.41) is 0.649. The zero-order valence-corrected chi connectivity index (χ0v) is 8.81. The number of hydrogen-bond donors (Lipinski definition) is 0. The fraction of sp³-hybridized carbons (Fsp3) is 0.182. The van der Waals surface area contributed by atoms with Crippen molar-refractivity contribution in [3.05, 3.63) is 39.2 Å². The van der Waals surface area contributed by atoms with E-state index in [9.17, 15) is 14.0 Å². The Bertz CT molecular complexity index is 583. The molecule has 0 unspecified atom stereocenters. The highest BCUT2D eigenvalue weighted by molar-refractivity contribution is 5.49. The predicted octanol–water partition coefficient (Wildman–Crippen LogP) is -0.494. The zero-order chi connectivity index (χ0) is 12.1. The molecule has 4 nitrogen and oxygen atoms in total. The van der Waals surface area contributed by atoms with Gasteiger partial charge < -0.3 is 4.79 Å². The molecule has 1 aromatic rings. The molecular formula is C11H11FN2O2. The molecule has 1 rings (SSSR count). The molecular weight excluding hydrogens is 211 g/mol. The summed E-state index contributed by atoms with van der Waals surface area (Å²) in [4.78, 5) is 25.5. The number of halogens is 1. The lowest BCUT2D eigenvalue weighted by Gasteiger charge is -2.00. The van der Waals surface area contributed by atoms with Crippen molar-refractivity contribution in [1.29, 1.82) is 0 Å². The number of nitrogens with zero attached hydrogens (tertiary/aromatic N) is 2. The number of allylic oxidation sites excluding steroid dienone is 2. The third kappa shape index (κ3) is 2.73. The van der Waals surface area contributed by atoms with Crippen molar-refractivity contribution in [2.24, 2.45) is 0 Å². The van der Waals surface area contributed by atoms with Gasteiger partial charge in [-0.25, -0.2) is 9.37 Å². The van der Waals surface area contributed by atoms with Gasteiger partial charge in [0.25, 0.3) is 5.56 Å². The monoisotopic (exact) mass is 222 g/mol. The number of aldehydes is 1. The number of carbonyl (C=O) groups is 1. The molecule has 0 saturated heterocycles. The van der Waals surface area contributed by atoms with E-state index in [-0.39, 0.29) is 17.7 Å². The first-order valence-corrected chi connectivity index (χ1v) is 4.59. The molecule has 0 amide bonds. The lowest BCUT2D eigenvalue weighted by molar-refractivity contribution is -0.108. The second-order valence-electron chi connectivity index (χ2n) is 3.13. The lowest BCUT2D eigenvalue weighted by atomic mass is 10.4. The molecule has 84 valence electrons. The second kappa shape index (κ2) is 5.16. The highest BCUT2D eigenvalue weighted by Gasteiger charge is 1.97. The lowest BCUT2D eigenvalue weighted by Crippen LogP contribution is -2.44. The van der Waals surface area contributed by atoms with Gasteiger partial charge in [0.2, 0.25) is 0 Å². The Hall–Kier alpha value is -2.04. The molecule has 0 aliphatic rings. The van der Waals surface area contributed by atoms with Crippen molar-refractivity contribution < 1.29 is 9.18 Å². The van der Waals surface area contributed by atoms with Gasteiger partial charge in [0, 0.05) is 0 Å². The summed E-state index contributed by atoms with van der Waals surface area (Å²) in [6.45, 7) is 4.84. The minimum atomic E-state index is -0.407. The standard InChI is InChI=1S/C11H11FN2O2/c1-8(12)3-4-10-9(2)14(5-6-15)11(16)7-13-10/h3-4,6-7H,2,5H2,1H3/b8-3+,10-4+. The summed E-state index contributed by atoms with van der Waals surface area (Å²) in [7, 11) is 0. The van der Waals surface area contributed by atoms with E-state index < -0.39 is 5.56 Å². The summed E-state index contributed by atoms with van der Waals surface area (Å²) in [5.41, 5.74) is -0.407. The van der Waals surface area contributed by atoms with E-state index in [1.165, 1.54) is 23.6 Å². The highest BCUT2D eigenvalue weighted by Crippen LogP contribution is 1.90. The number of hydrogen-bond acceptors (Lipinski definition) is 3. The highest BCUT2D eigenvalue weighted by atomic mass is 19.1. The van der Waals surface area contributed by atoms with Crippen molar-refractivity contribution in [3.8, 4) is 0 Å². The van der Waals surface area contributed by atoms with Crippen molar-refractivity contribution >= 4 is 18.9 Å². The van der Waals surface area contributed by atoms with Crippen molar-refractivity contribution in [1.82, 2.24) is 9.55 Å². The van der Waals surface area contributed by atoms with Crippen LogP contribution in [0.5, 0.6) is 0 Å². The Morgan fingerprint density at radius 3 is 2.94 bits per heavy atom. The van der Waals surface area contributed by atoms with Crippen LogP contribution in [0.15, 0.2) is 22.9 Å². The third-order valence-corrected chi connectivity index (χ3v) is 1.93. The van der Waals surface area contributed by atoms with Gasteiger partial charge in [-0.15, -0.1) is 0 Å². The SMILES string of the molecule is C=c1/c(=C\C=C(/C)F)ncc(=O)n1CC=O. The normalized spacial score (nSPS) is 12.9. The Balaban J connectivity index is 3.46. The summed E-state index contributed by atoms with van der Waals surface area (Å²) in [6.07, 6.45) is 4.28. The van der Waals surface area contributed by atoms with Crippen LogP contribution in [0.2, 0.25) is 0 Å². The first kappa shape index (κ1) is 12.0. The van der Waals surface area contributed by atoms with Crippen LogP contribution in [-0.4, -0.2) is 15.8 Å². The average molecular weight is 222 g/mol. The maximum absolute atomic E-state index is 12.5. The molecule has 1 aromatic heterocycles. The van der Waals surface area contributed by atoms with Gasteiger partial charge in [0.05, 0.1) is 29.3 Å². The molecule has 0 bridgehead atoms. The zero-order valence-electron chi connectivity index (χ0n) is 8.81. The van der Waals surface area contributed by atoms with E-state index in [1.54, 1.807) is 0 Å². The van der Waals surface area contributed by atoms with Gasteiger partial charge in [-0.05, 0) is 19.1 Å². The number of rotatable bonds is 3. The van der Waals surface area contributed by atoms with Crippen LogP contribution in [0.4, 0.5) is 4.39 Å². The number of carbonyl (C=O) groups excluding carboxylic acids is 1. The molecule has 0 saturated carbocycles. The molecule has 0 aliphatic heterocycles. The van der Waals surface area contributed by atoms with E-state index in [0.717, 1.165) is 6.20 Å². The van der Waals surface area contributed by atoms with E-state index in [0.29, 0.717) is 11.6 Å². The molecule has 0 aliphatic carbocycles. The Morgan fingerprint density at radius 1 is 1.69 bits per heavy atom. The molecule has 0 atom stereocenters. The first-order chi connectivity index (χ1) is 7.56. The summed E-state index contributed by atoms with van der Waals surface area (Å²) < 4.78 is 13.7. The maximum Gasteiger partial charge on any atom is 0.269 e. The van der Waals surface area contributed by atoms with E-state index in [2.05, 4.69) is 11.6 Å². The van der Waals surface area contributed by atoms with Crippen molar-refractivity contribution in [2.45, 2.75) is 13.5 Å². The molecule has 16 heavy (non-hydrogen) atoms. The largest absolute Gasteiger partial charge is 0.301 e. The smallest absolute Gasteiger partial charge is 0.269 e. The van der Waals surface area contributed by atoms with Gasteiger partial charge in [0.15, 0.2) is 0 Å². The maximum atomic E-state index is 12.5. The molecule has 0 radical (unpaired) electrons. The second-order valence-corrected chi connectivity index (χ2v) is 3.13. The molecule has 0 N–H and O–H groups in total. The van der Waals surface area contributed by atoms with Gasteiger partial charge in [-0.2, -0.15) is 0 Å². The van der Waals surface area contributed by atoms with Gasteiger partial charge in [-0.1, -0.05) is 6.58 Å². The van der Waals surface area contributed by atoms with Crippen LogP contribution in [0, 0.1) is 0 Å². The Labute approximate surface area is 91.1 Å². The van der Waals surface area contributed by atoms with E-state index in [4.69, 9.17) is 0 Å². The van der Waals surface area contributed by atoms with Crippen LogP contribution in [-0.2, 0) is 11.3 Å². The average Bonchev–Trinajstić information content (AvgIpc) is 2.23. The van der Waals surface area contributed by atoms with Crippen LogP contribution >= 0.6 is 0 Å². The molecule has 0 fully saturated rings. The molecule has 5 heteroatoms. The fourth-order valence-corrected chi connectivity index (χ4v) is 1.15. The van der Waals surface area contributed by atoms with Crippen LogP contribution < -0.4 is 16.3 Å². The Kier molecular flexibility index (Phi) is 3.88. The minimum absolute atomic E-state index is 0.0840. The summed E-state index contributed by atoms with van der Waals surface area (Å²) >= 11 is 0. The first-order valence-electron chi connectivity index (χ1n) is 4.59. The summed E-state index contributed by atoms with van der Waals surface area (Å²) in [5.74, 6) is -0.380. The quantitative estimate of drug-likeness (QED) is 0.648. The van der Waals surface area contributed by atoms with Gasteiger partial charge >= 0.3 is 0 Å². The van der Waals surface area contributed by atoms with Gasteiger partial charge in [0.1, 0.15) is 6.29 Å². The van der Waals surface area contributed by atoms with Gasteiger partial charge in [-0.3, -0.25) is 9.36 Å². The van der Waals surface area contributed by atoms with Crippen molar-refractivity contribution in [3.63, 3.8) is 0 Å². The topological polar surface area (TPSA) is 52.0 Å². The van der Waals surface area contributed by atoms with E-state index in [1.807, 2.05) is 0 Å². The molecule has 0 aromatic carbocycles. The number of aromatic nitrogens is 2. The molecule has 0 spiro atoms. The van der Waals surface area contributed by atoms with Crippen LogP contribution in [0.25, 0.3) is 12.7 Å². The fourth-order valence-electron chi connectivity index (χ4n) is 1.15. The third-order valence-electron chi connectivity index (χ3n) is 1.93. The van der Waals surface area contributed by atoms with Crippen molar-refractivity contribution in [2.75, 3.05) is 0 Å².